The molecule has 0 unspecified atom stereocenters. The predicted molar refractivity (Wildman–Crippen MR) is 202 cm³/mol. The molecule has 0 aromatic heterocycles. The largest absolute Gasteiger partial charge is 0.469 e. The Morgan fingerprint density at radius 1 is 0.981 bits per heavy atom. The highest BCUT2D eigenvalue weighted by Gasteiger charge is 2.71. The third kappa shape index (κ3) is 8.12. The standard InChI is InChI=1S/C43H66O10/c1-13-25(5)35(45)38(47)52-30-22-42(10)29(27-20-28(51-23-27)19-24(3)4)15-16-31(42)43(11)33(53-39(48)36(46)26(6)14-2)21-32(40(7,8)49)41(9,37(30)43)18-17-34(44)50-12/h13-14,16,19,27-30,32-33,35-37,45-46,49H,15,17-18,20-23H2,1-12H3/b25-13+,26-14-/t27-,28-,29+,30-,32-,33-,35-,36-,37-,41+,42+,43-/m1/s1. The van der Waals surface area contributed by atoms with Crippen LogP contribution in [0.3, 0.4) is 0 Å². The second-order valence-corrected chi connectivity index (χ2v) is 17.7. The maximum atomic E-state index is 13.9. The lowest BCUT2D eigenvalue weighted by molar-refractivity contribution is -0.241. The van der Waals surface area contributed by atoms with Crippen molar-refractivity contribution in [2.75, 3.05) is 13.7 Å². The normalized spacial score (nSPS) is 37.1. The van der Waals surface area contributed by atoms with E-state index < -0.39 is 76.0 Å². The summed E-state index contributed by atoms with van der Waals surface area (Å²) in [6.07, 6.45) is 5.80. The van der Waals surface area contributed by atoms with Crippen LogP contribution < -0.4 is 0 Å². The quantitative estimate of drug-likeness (QED) is 0.114. The van der Waals surface area contributed by atoms with Gasteiger partial charge in [-0.2, -0.15) is 0 Å². The molecule has 3 N–H and O–H groups in total. The van der Waals surface area contributed by atoms with Crippen LogP contribution in [0.25, 0.3) is 0 Å². The van der Waals surface area contributed by atoms with Gasteiger partial charge in [-0.05, 0) is 127 Å². The Morgan fingerprint density at radius 3 is 2.09 bits per heavy atom. The fraction of sp³-hybridized carbons (Fsp3) is 0.744. The first-order valence-electron chi connectivity index (χ1n) is 19.4. The molecule has 1 heterocycles. The molecule has 4 rings (SSSR count). The van der Waals surface area contributed by atoms with E-state index in [1.54, 1.807) is 53.7 Å². The number of allylic oxidation sites excluding steroid dienone is 4. The van der Waals surface area contributed by atoms with Gasteiger partial charge >= 0.3 is 17.9 Å². The van der Waals surface area contributed by atoms with E-state index in [0.717, 1.165) is 18.4 Å². The van der Waals surface area contributed by atoms with Crippen molar-refractivity contribution in [1.82, 2.24) is 0 Å². The van der Waals surface area contributed by atoms with E-state index >= 15 is 0 Å². The van der Waals surface area contributed by atoms with Crippen molar-refractivity contribution in [2.24, 2.45) is 39.9 Å². The highest BCUT2D eigenvalue weighted by Crippen LogP contribution is 2.72. The molecule has 0 spiro atoms. The first kappa shape index (κ1) is 42.9. The zero-order chi connectivity index (χ0) is 39.8. The molecule has 0 amide bonds. The average Bonchev–Trinajstić information content (AvgIpc) is 3.69. The van der Waals surface area contributed by atoms with Crippen molar-refractivity contribution in [3.63, 3.8) is 0 Å². The predicted octanol–water partition coefficient (Wildman–Crippen LogP) is 6.56. The summed E-state index contributed by atoms with van der Waals surface area (Å²) < 4.78 is 24.3. The number of methoxy groups -OCH3 is 1. The van der Waals surface area contributed by atoms with E-state index in [1.165, 1.54) is 12.7 Å². The molecule has 0 bridgehead atoms. The Morgan fingerprint density at radius 2 is 1.57 bits per heavy atom. The van der Waals surface area contributed by atoms with Crippen molar-refractivity contribution in [3.05, 3.63) is 46.6 Å². The minimum atomic E-state index is -1.48. The number of hydrogen-bond acceptors (Lipinski definition) is 10. The van der Waals surface area contributed by atoms with Gasteiger partial charge in [-0.3, -0.25) is 4.79 Å². The summed E-state index contributed by atoms with van der Waals surface area (Å²) in [5.74, 6) is -2.77. The van der Waals surface area contributed by atoms with E-state index in [9.17, 15) is 29.7 Å². The lowest BCUT2D eigenvalue weighted by Crippen LogP contribution is -2.68. The Labute approximate surface area is 317 Å². The minimum absolute atomic E-state index is 0.00559. The van der Waals surface area contributed by atoms with Gasteiger partial charge in [-0.1, -0.05) is 56.2 Å². The van der Waals surface area contributed by atoms with E-state index in [4.69, 9.17) is 18.9 Å². The van der Waals surface area contributed by atoms with Gasteiger partial charge in [0, 0.05) is 17.8 Å². The first-order chi connectivity index (χ1) is 24.6. The SMILES string of the molecule is C/C=C(/C)[C@@H](O)C(=O)O[C@@H]1C[C@H](C(C)(C)O)[C@](C)(CCC(=O)OC)[C@H]2[C@H](OC(=O)[C@H](O)/C(C)=C/C)C[C@]3(C)C(=CC[C@H]3[C@H]3CO[C@H](C=C(C)C)C3)[C@@]21C. The summed E-state index contributed by atoms with van der Waals surface area (Å²) in [4.78, 5) is 40.6. The molecule has 1 saturated heterocycles. The number of aliphatic hydroxyl groups is 3. The maximum Gasteiger partial charge on any atom is 0.339 e. The molecule has 1 aliphatic heterocycles. The molecule has 0 aromatic rings. The average molecular weight is 743 g/mol. The summed E-state index contributed by atoms with van der Waals surface area (Å²) in [5, 5.41) is 34.1. The third-order valence-electron chi connectivity index (χ3n) is 13.7. The highest BCUT2D eigenvalue weighted by atomic mass is 16.6. The summed E-state index contributed by atoms with van der Waals surface area (Å²) in [6.45, 7) is 21.3. The fourth-order valence-corrected chi connectivity index (χ4v) is 11.0. The molecule has 0 radical (unpaired) electrons. The number of rotatable bonds is 12. The van der Waals surface area contributed by atoms with Crippen LogP contribution in [-0.2, 0) is 33.3 Å². The lowest BCUT2D eigenvalue weighted by Gasteiger charge is -2.67. The third-order valence-corrected chi connectivity index (χ3v) is 13.7. The van der Waals surface area contributed by atoms with Crippen molar-refractivity contribution in [3.8, 4) is 0 Å². The van der Waals surface area contributed by atoms with Gasteiger partial charge < -0.3 is 34.3 Å². The van der Waals surface area contributed by atoms with Gasteiger partial charge in [-0.15, -0.1) is 0 Å². The van der Waals surface area contributed by atoms with Crippen LogP contribution in [0.15, 0.2) is 46.6 Å². The molecule has 298 valence electrons. The van der Waals surface area contributed by atoms with E-state index in [-0.39, 0.29) is 30.8 Å². The van der Waals surface area contributed by atoms with Crippen LogP contribution >= 0.6 is 0 Å². The summed E-state index contributed by atoms with van der Waals surface area (Å²) in [7, 11) is 1.34. The number of ether oxygens (including phenoxy) is 4. The molecule has 4 aliphatic rings. The van der Waals surface area contributed by atoms with E-state index in [0.29, 0.717) is 30.6 Å². The molecule has 3 aliphatic carbocycles. The van der Waals surface area contributed by atoms with Crippen molar-refractivity contribution in [2.45, 2.75) is 151 Å². The van der Waals surface area contributed by atoms with E-state index in [1.807, 2.05) is 6.92 Å². The monoisotopic (exact) mass is 742 g/mol. The molecule has 53 heavy (non-hydrogen) atoms. The summed E-state index contributed by atoms with van der Waals surface area (Å²) in [5.41, 5.74) is -0.490. The van der Waals surface area contributed by atoms with Gasteiger partial charge in [0.1, 0.15) is 12.2 Å². The molecule has 2 saturated carbocycles. The summed E-state index contributed by atoms with van der Waals surface area (Å²) in [6, 6.07) is 0. The van der Waals surface area contributed by atoms with Gasteiger partial charge in [0.15, 0.2) is 12.2 Å². The topological polar surface area (TPSA) is 149 Å². The second-order valence-electron chi connectivity index (χ2n) is 17.7. The van der Waals surface area contributed by atoms with Crippen molar-refractivity contribution >= 4 is 17.9 Å². The summed E-state index contributed by atoms with van der Waals surface area (Å²) >= 11 is 0. The highest BCUT2D eigenvalue weighted by molar-refractivity contribution is 5.79. The Balaban J connectivity index is 1.96. The Hall–Kier alpha value is -2.79. The van der Waals surface area contributed by atoms with Gasteiger partial charge in [0.2, 0.25) is 0 Å². The molecule has 12 atom stereocenters. The number of carbonyl (C=O) groups excluding carboxylic acids is 3. The Bertz CT molecular complexity index is 1510. The van der Waals surface area contributed by atoms with Crippen LogP contribution in [-0.4, -0.2) is 83.1 Å². The molecule has 10 nitrogen and oxygen atoms in total. The van der Waals surface area contributed by atoms with Gasteiger partial charge in [0.05, 0.1) is 25.4 Å². The number of fused-ring (bicyclic) bond motifs is 3. The van der Waals surface area contributed by atoms with Crippen LogP contribution in [0.5, 0.6) is 0 Å². The maximum absolute atomic E-state index is 13.9. The number of esters is 3. The van der Waals surface area contributed by atoms with Crippen molar-refractivity contribution in [1.29, 1.82) is 0 Å². The smallest absolute Gasteiger partial charge is 0.339 e. The minimum Gasteiger partial charge on any atom is -0.469 e. The first-order valence-corrected chi connectivity index (χ1v) is 19.4. The van der Waals surface area contributed by atoms with Crippen LogP contribution in [0.4, 0.5) is 0 Å². The van der Waals surface area contributed by atoms with Gasteiger partial charge in [-0.25, -0.2) is 9.59 Å². The Kier molecular flexibility index (Phi) is 13.1. The van der Waals surface area contributed by atoms with Crippen LogP contribution in [0.1, 0.15) is 115 Å². The number of carbonyl (C=O) groups is 3. The molecular weight excluding hydrogens is 676 g/mol. The molecule has 10 heteroatoms. The van der Waals surface area contributed by atoms with Crippen molar-refractivity contribution < 1.29 is 48.7 Å². The lowest BCUT2D eigenvalue weighted by atomic mass is 9.39. The number of aliphatic hydroxyl groups excluding tert-OH is 2. The van der Waals surface area contributed by atoms with E-state index in [2.05, 4.69) is 39.8 Å². The van der Waals surface area contributed by atoms with Crippen LogP contribution in [0.2, 0.25) is 0 Å². The molecular formula is C43H66O10. The van der Waals surface area contributed by atoms with Crippen LogP contribution in [0, 0.1) is 39.9 Å². The number of hydrogen-bond donors (Lipinski definition) is 3. The molecule has 3 fully saturated rings. The van der Waals surface area contributed by atoms with Gasteiger partial charge in [0.25, 0.3) is 0 Å². The molecule has 0 aromatic carbocycles. The zero-order valence-electron chi connectivity index (χ0n) is 34.2. The fourth-order valence-electron chi connectivity index (χ4n) is 11.0. The zero-order valence-corrected chi connectivity index (χ0v) is 34.2. The second kappa shape index (κ2) is 16.1.